The molecule has 1 aromatic carbocycles. The van der Waals surface area contributed by atoms with Crippen LogP contribution in [0.5, 0.6) is 0 Å². The van der Waals surface area contributed by atoms with E-state index in [0.29, 0.717) is 18.1 Å². The van der Waals surface area contributed by atoms with Crippen molar-refractivity contribution >= 4 is 5.97 Å². The van der Waals surface area contributed by atoms with Gasteiger partial charge in [0.15, 0.2) is 0 Å². The number of benzene rings is 1. The van der Waals surface area contributed by atoms with Crippen molar-refractivity contribution < 1.29 is 9.53 Å². The number of carbonyl (C=O) groups is 1. The molecule has 0 saturated heterocycles. The highest BCUT2D eigenvalue weighted by Crippen LogP contribution is 2.15. The van der Waals surface area contributed by atoms with E-state index in [-0.39, 0.29) is 5.97 Å². The first kappa shape index (κ1) is 13.5. The van der Waals surface area contributed by atoms with Gasteiger partial charge >= 0.3 is 5.97 Å². The van der Waals surface area contributed by atoms with Gasteiger partial charge < -0.3 is 4.74 Å². The van der Waals surface area contributed by atoms with Crippen LogP contribution in [0.3, 0.4) is 0 Å². The van der Waals surface area contributed by atoms with Crippen LogP contribution in [0.2, 0.25) is 0 Å². The smallest absolute Gasteiger partial charge is 0.338 e. The van der Waals surface area contributed by atoms with E-state index in [2.05, 4.69) is 6.58 Å². The predicted octanol–water partition coefficient (Wildman–Crippen LogP) is 3.67. The van der Waals surface area contributed by atoms with Crippen molar-refractivity contribution in [3.8, 4) is 0 Å². The number of rotatable bonds is 4. The van der Waals surface area contributed by atoms with Crippen LogP contribution in [-0.2, 0) is 4.74 Å². The summed E-state index contributed by atoms with van der Waals surface area (Å²) in [5, 5.41) is 0. The fourth-order valence-corrected chi connectivity index (χ4v) is 1.53. The second-order valence-electron chi connectivity index (χ2n) is 4.66. The third kappa shape index (κ3) is 3.45. The van der Waals surface area contributed by atoms with Crippen molar-refractivity contribution in [2.24, 2.45) is 5.92 Å². The van der Waals surface area contributed by atoms with Gasteiger partial charge in [0.05, 0.1) is 5.56 Å². The van der Waals surface area contributed by atoms with E-state index in [0.717, 1.165) is 16.7 Å². The Morgan fingerprint density at radius 1 is 1.29 bits per heavy atom. The zero-order valence-electron chi connectivity index (χ0n) is 11.0. The Morgan fingerprint density at radius 3 is 2.29 bits per heavy atom. The van der Waals surface area contributed by atoms with Crippen LogP contribution in [0.15, 0.2) is 30.4 Å². The molecular weight excluding hydrogens is 212 g/mol. The summed E-state index contributed by atoms with van der Waals surface area (Å²) in [7, 11) is 0. The first-order valence-corrected chi connectivity index (χ1v) is 5.84. The maximum absolute atomic E-state index is 12.0. The lowest BCUT2D eigenvalue weighted by molar-refractivity contribution is 0.0532. The first-order chi connectivity index (χ1) is 7.93. The highest BCUT2D eigenvalue weighted by atomic mass is 16.5. The van der Waals surface area contributed by atoms with E-state index in [1.165, 1.54) is 0 Å². The number of ether oxygens (including phenoxy) is 1. The largest absolute Gasteiger partial charge is 0.458 e. The molecule has 0 aliphatic heterocycles. The van der Waals surface area contributed by atoms with E-state index in [1.54, 1.807) is 0 Å². The zero-order valence-corrected chi connectivity index (χ0v) is 11.0. The summed E-state index contributed by atoms with van der Waals surface area (Å²) in [6.07, 6.45) is 0. The Hall–Kier alpha value is -1.57. The molecule has 0 aliphatic carbocycles. The molecule has 0 heterocycles. The summed E-state index contributed by atoms with van der Waals surface area (Å²) < 4.78 is 5.27. The Balaban J connectivity index is 2.74. The number of esters is 1. The number of aryl methyl sites for hydroxylation is 2. The maximum atomic E-state index is 12.0. The van der Waals surface area contributed by atoms with Gasteiger partial charge in [0.25, 0.3) is 0 Å². The molecule has 0 N–H and O–H groups in total. The molecule has 2 heteroatoms. The molecule has 0 aliphatic rings. The normalized spacial score (nSPS) is 10.4. The highest BCUT2D eigenvalue weighted by molar-refractivity contribution is 5.92. The van der Waals surface area contributed by atoms with Crippen LogP contribution in [0.1, 0.15) is 35.3 Å². The van der Waals surface area contributed by atoms with Crippen molar-refractivity contribution in [3.63, 3.8) is 0 Å². The van der Waals surface area contributed by atoms with Crippen LogP contribution in [0.4, 0.5) is 0 Å². The molecule has 0 spiro atoms. The summed E-state index contributed by atoms with van der Waals surface area (Å²) in [4.78, 5) is 12.0. The van der Waals surface area contributed by atoms with Gasteiger partial charge in [-0.2, -0.15) is 0 Å². The molecule has 0 saturated carbocycles. The van der Waals surface area contributed by atoms with Crippen molar-refractivity contribution in [3.05, 3.63) is 47.0 Å². The lowest BCUT2D eigenvalue weighted by Gasteiger charge is -2.12. The summed E-state index contributed by atoms with van der Waals surface area (Å²) >= 11 is 0. The number of hydrogen-bond acceptors (Lipinski definition) is 2. The van der Waals surface area contributed by atoms with E-state index in [1.807, 2.05) is 45.9 Å². The molecule has 0 atom stereocenters. The van der Waals surface area contributed by atoms with Crippen LogP contribution in [0, 0.1) is 19.8 Å². The first-order valence-electron chi connectivity index (χ1n) is 5.84. The molecule has 17 heavy (non-hydrogen) atoms. The van der Waals surface area contributed by atoms with Gasteiger partial charge in [-0.15, -0.1) is 0 Å². The number of carbonyl (C=O) groups excluding carboxylic acids is 1. The Morgan fingerprint density at radius 2 is 1.82 bits per heavy atom. The van der Waals surface area contributed by atoms with Gasteiger partial charge in [0.2, 0.25) is 0 Å². The third-order valence-electron chi connectivity index (χ3n) is 2.89. The van der Waals surface area contributed by atoms with Crippen LogP contribution in [-0.4, -0.2) is 12.6 Å². The molecule has 2 nitrogen and oxygen atoms in total. The van der Waals surface area contributed by atoms with Gasteiger partial charge in [0, 0.05) is 0 Å². The van der Waals surface area contributed by atoms with Crippen LogP contribution in [0.25, 0.3) is 0 Å². The zero-order chi connectivity index (χ0) is 13.0. The van der Waals surface area contributed by atoms with Gasteiger partial charge in [-0.1, -0.05) is 38.6 Å². The van der Waals surface area contributed by atoms with Gasteiger partial charge in [-0.05, 0) is 36.5 Å². The SMILES string of the molecule is C=C(COC(=O)c1c(C)cccc1C)C(C)C. The maximum Gasteiger partial charge on any atom is 0.338 e. The van der Waals surface area contributed by atoms with E-state index in [9.17, 15) is 4.79 Å². The molecule has 0 aromatic heterocycles. The molecule has 0 unspecified atom stereocenters. The molecule has 1 rings (SSSR count). The Labute approximate surface area is 103 Å². The van der Waals surface area contributed by atoms with E-state index >= 15 is 0 Å². The minimum atomic E-state index is -0.262. The minimum absolute atomic E-state index is 0.262. The van der Waals surface area contributed by atoms with Crippen LogP contribution >= 0.6 is 0 Å². The minimum Gasteiger partial charge on any atom is -0.458 e. The molecule has 1 aromatic rings. The van der Waals surface area contributed by atoms with Gasteiger partial charge in [0.1, 0.15) is 6.61 Å². The fraction of sp³-hybridized carbons (Fsp3) is 0.400. The van der Waals surface area contributed by atoms with Crippen molar-refractivity contribution in [1.82, 2.24) is 0 Å². The summed E-state index contributed by atoms with van der Waals surface area (Å²) in [5.74, 6) is 0.0724. The molecule has 0 bridgehead atoms. The van der Waals surface area contributed by atoms with Gasteiger partial charge in [-0.3, -0.25) is 0 Å². The van der Waals surface area contributed by atoms with Crippen LogP contribution < -0.4 is 0 Å². The molecule has 0 fully saturated rings. The standard InChI is InChI=1S/C15H20O2/c1-10(2)13(5)9-17-15(16)14-11(3)7-6-8-12(14)4/h6-8,10H,5,9H2,1-4H3. The Kier molecular flexibility index (Phi) is 4.50. The molecule has 0 amide bonds. The lowest BCUT2D eigenvalue weighted by Crippen LogP contribution is -2.12. The fourth-order valence-electron chi connectivity index (χ4n) is 1.53. The van der Waals surface area contributed by atoms with Crippen molar-refractivity contribution in [1.29, 1.82) is 0 Å². The molecule has 92 valence electrons. The summed E-state index contributed by atoms with van der Waals surface area (Å²) in [6, 6.07) is 5.77. The number of hydrogen-bond donors (Lipinski definition) is 0. The lowest BCUT2D eigenvalue weighted by atomic mass is 10.0. The highest BCUT2D eigenvalue weighted by Gasteiger charge is 2.13. The molecule has 0 radical (unpaired) electrons. The van der Waals surface area contributed by atoms with Crippen molar-refractivity contribution in [2.45, 2.75) is 27.7 Å². The monoisotopic (exact) mass is 232 g/mol. The second kappa shape index (κ2) is 5.67. The quantitative estimate of drug-likeness (QED) is 0.585. The van der Waals surface area contributed by atoms with E-state index < -0.39 is 0 Å². The average Bonchev–Trinajstić information content (AvgIpc) is 2.25. The average molecular weight is 232 g/mol. The third-order valence-corrected chi connectivity index (χ3v) is 2.89. The van der Waals surface area contributed by atoms with E-state index in [4.69, 9.17) is 4.74 Å². The summed E-state index contributed by atoms with van der Waals surface area (Å²) in [6.45, 7) is 12.1. The molecular formula is C15H20O2. The second-order valence-corrected chi connectivity index (χ2v) is 4.66. The Bertz CT molecular complexity index is 410. The van der Waals surface area contributed by atoms with Gasteiger partial charge in [-0.25, -0.2) is 4.79 Å². The van der Waals surface area contributed by atoms with Crippen molar-refractivity contribution in [2.75, 3.05) is 6.61 Å². The summed E-state index contributed by atoms with van der Waals surface area (Å²) in [5.41, 5.74) is 3.50. The predicted molar refractivity (Wildman–Crippen MR) is 70.2 cm³/mol. The topological polar surface area (TPSA) is 26.3 Å².